The van der Waals surface area contributed by atoms with Crippen molar-refractivity contribution < 1.29 is 14.6 Å². The molecule has 0 heterocycles. The average Bonchev–Trinajstić information content (AvgIpc) is 3.05. The third-order valence-electron chi connectivity index (χ3n) is 10.9. The van der Waals surface area contributed by atoms with Gasteiger partial charge >= 0.3 is 5.97 Å². The van der Waals surface area contributed by atoms with E-state index in [1.807, 2.05) is 0 Å². The van der Waals surface area contributed by atoms with Crippen LogP contribution in [0.15, 0.2) is 0 Å². The molecule has 0 aromatic heterocycles. The van der Waals surface area contributed by atoms with Gasteiger partial charge in [0.2, 0.25) is 0 Å². The van der Waals surface area contributed by atoms with Gasteiger partial charge in [0.05, 0.1) is 5.60 Å². The molecule has 10 atom stereocenters. The van der Waals surface area contributed by atoms with Crippen molar-refractivity contribution >= 4 is 5.97 Å². The fourth-order valence-electron chi connectivity index (χ4n) is 9.52. The number of hydrogen-bond donors (Lipinski definition) is 1. The molecule has 32 heavy (non-hydrogen) atoms. The number of carbonyl (C=O) groups excluding carboxylic acids is 1. The molecule has 3 nitrogen and oxygen atoms in total. The number of esters is 1. The molecule has 0 aromatic carbocycles. The lowest BCUT2D eigenvalue weighted by atomic mass is 9.46. The van der Waals surface area contributed by atoms with Crippen molar-refractivity contribution in [3.8, 4) is 0 Å². The third kappa shape index (κ3) is 4.53. The number of fused-ring (bicyclic) bond motifs is 5. The summed E-state index contributed by atoms with van der Waals surface area (Å²) in [6.45, 7) is 13.5. The monoisotopic (exact) mass is 446 g/mol. The van der Waals surface area contributed by atoms with Gasteiger partial charge in [0.1, 0.15) is 6.10 Å². The van der Waals surface area contributed by atoms with Crippen molar-refractivity contribution in [2.45, 2.75) is 124 Å². The van der Waals surface area contributed by atoms with Gasteiger partial charge in [-0.3, -0.25) is 4.79 Å². The van der Waals surface area contributed by atoms with Crippen LogP contribution in [0.5, 0.6) is 0 Å². The van der Waals surface area contributed by atoms with E-state index in [2.05, 4.69) is 34.6 Å². The maximum absolute atomic E-state index is 11.7. The van der Waals surface area contributed by atoms with E-state index in [0.717, 1.165) is 55.3 Å². The Morgan fingerprint density at radius 1 is 0.969 bits per heavy atom. The Morgan fingerprint density at radius 2 is 1.72 bits per heavy atom. The van der Waals surface area contributed by atoms with Crippen molar-refractivity contribution in [1.29, 1.82) is 0 Å². The van der Waals surface area contributed by atoms with Crippen LogP contribution in [0.3, 0.4) is 0 Å². The van der Waals surface area contributed by atoms with E-state index in [9.17, 15) is 9.90 Å². The zero-order valence-corrected chi connectivity index (χ0v) is 21.7. The molecule has 0 aromatic rings. The Bertz CT molecular complexity index is 669. The Kier molecular flexibility index (Phi) is 7.08. The Balaban J connectivity index is 1.47. The van der Waals surface area contributed by atoms with Gasteiger partial charge in [-0.15, -0.1) is 0 Å². The molecular formula is C29H50O3. The lowest BCUT2D eigenvalue weighted by Crippen LogP contribution is -2.58. The van der Waals surface area contributed by atoms with E-state index in [1.54, 1.807) is 0 Å². The summed E-state index contributed by atoms with van der Waals surface area (Å²) in [4.78, 5) is 11.5. The number of rotatable bonds is 6. The van der Waals surface area contributed by atoms with Gasteiger partial charge in [0, 0.05) is 6.92 Å². The maximum atomic E-state index is 11.7. The summed E-state index contributed by atoms with van der Waals surface area (Å²) in [6.07, 6.45) is 13.6. The van der Waals surface area contributed by atoms with E-state index in [4.69, 9.17) is 4.74 Å². The lowest BCUT2D eigenvalue weighted by molar-refractivity contribution is -0.180. The summed E-state index contributed by atoms with van der Waals surface area (Å²) in [5.41, 5.74) is -0.153. The summed E-state index contributed by atoms with van der Waals surface area (Å²) < 4.78 is 5.59. The standard InChI is InChI=1S/C29H50O3/c1-18(2)8-7-9-19(3)25-12-13-26-24-17-29(6,31)27-16-21(32-20(4)30)10-11-23(27)22(24)14-15-28(25,26)5/h18-19,21-27,31H,7-17H2,1-6H3. The number of ether oxygens (including phenoxy) is 1. The second-order valence-corrected chi connectivity index (χ2v) is 13.3. The van der Waals surface area contributed by atoms with Crippen molar-refractivity contribution in [3.05, 3.63) is 0 Å². The number of carbonyl (C=O) groups is 1. The normalized spacial score (nSPS) is 46.8. The molecule has 0 bridgehead atoms. The SMILES string of the molecule is CC(=O)OC1CCC2C3CCC4(C)C(C(C)CCCC(C)C)CCC4C3CC(C)(O)C2C1. The fourth-order valence-corrected chi connectivity index (χ4v) is 9.52. The van der Waals surface area contributed by atoms with Crippen molar-refractivity contribution in [1.82, 2.24) is 0 Å². The summed E-state index contributed by atoms with van der Waals surface area (Å²) in [5, 5.41) is 11.7. The summed E-state index contributed by atoms with van der Waals surface area (Å²) in [6, 6.07) is 0. The lowest BCUT2D eigenvalue weighted by Gasteiger charge is -2.60. The molecule has 4 aliphatic carbocycles. The van der Waals surface area contributed by atoms with Crippen molar-refractivity contribution in [3.63, 3.8) is 0 Å². The van der Waals surface area contributed by atoms with Gasteiger partial charge in [0.15, 0.2) is 0 Å². The van der Waals surface area contributed by atoms with Gasteiger partial charge in [-0.1, -0.05) is 47.0 Å². The van der Waals surface area contributed by atoms with Crippen LogP contribution in [-0.4, -0.2) is 22.8 Å². The van der Waals surface area contributed by atoms with Crippen LogP contribution in [-0.2, 0) is 9.53 Å². The predicted molar refractivity (Wildman–Crippen MR) is 130 cm³/mol. The fraction of sp³-hybridized carbons (Fsp3) is 0.966. The van der Waals surface area contributed by atoms with E-state index in [0.29, 0.717) is 23.2 Å². The molecule has 0 amide bonds. The zero-order chi connectivity index (χ0) is 23.3. The first-order chi connectivity index (χ1) is 15.0. The van der Waals surface area contributed by atoms with Crippen molar-refractivity contribution in [2.75, 3.05) is 0 Å². The number of aliphatic hydroxyl groups is 1. The molecule has 3 heteroatoms. The van der Waals surface area contributed by atoms with Crippen molar-refractivity contribution in [2.24, 2.45) is 52.8 Å². The smallest absolute Gasteiger partial charge is 0.302 e. The zero-order valence-electron chi connectivity index (χ0n) is 21.7. The van der Waals surface area contributed by atoms with E-state index in [1.165, 1.54) is 51.9 Å². The van der Waals surface area contributed by atoms with E-state index >= 15 is 0 Å². The van der Waals surface area contributed by atoms with Crippen LogP contribution in [0.4, 0.5) is 0 Å². The second kappa shape index (κ2) is 9.23. The molecule has 4 fully saturated rings. The van der Waals surface area contributed by atoms with Crippen LogP contribution in [0.1, 0.15) is 112 Å². The Labute approximate surface area is 197 Å². The van der Waals surface area contributed by atoms with Gasteiger partial charge in [-0.25, -0.2) is 0 Å². The van der Waals surface area contributed by atoms with Gasteiger partial charge in [-0.05, 0) is 111 Å². The van der Waals surface area contributed by atoms with E-state index < -0.39 is 5.60 Å². The highest BCUT2D eigenvalue weighted by Gasteiger charge is 2.61. The summed E-state index contributed by atoms with van der Waals surface area (Å²) in [5.74, 6) is 5.49. The van der Waals surface area contributed by atoms with Gasteiger partial charge in [0.25, 0.3) is 0 Å². The van der Waals surface area contributed by atoms with Crippen LogP contribution >= 0.6 is 0 Å². The first-order valence-electron chi connectivity index (χ1n) is 13.9. The molecule has 0 aliphatic heterocycles. The highest BCUT2D eigenvalue weighted by atomic mass is 16.5. The first kappa shape index (κ1) is 24.6. The Hall–Kier alpha value is -0.570. The molecule has 4 saturated carbocycles. The van der Waals surface area contributed by atoms with Crippen LogP contribution < -0.4 is 0 Å². The van der Waals surface area contributed by atoms with E-state index in [-0.39, 0.29) is 12.1 Å². The summed E-state index contributed by atoms with van der Waals surface area (Å²) >= 11 is 0. The van der Waals surface area contributed by atoms with Gasteiger partial charge in [-0.2, -0.15) is 0 Å². The van der Waals surface area contributed by atoms with Gasteiger partial charge < -0.3 is 9.84 Å². The van der Waals surface area contributed by atoms with Crippen LogP contribution in [0.25, 0.3) is 0 Å². The molecule has 10 unspecified atom stereocenters. The molecule has 184 valence electrons. The minimum absolute atomic E-state index is 0.00758. The molecule has 1 N–H and O–H groups in total. The molecule has 0 spiro atoms. The molecule has 4 rings (SSSR count). The first-order valence-corrected chi connectivity index (χ1v) is 13.9. The number of hydrogen-bond acceptors (Lipinski definition) is 3. The summed E-state index contributed by atoms with van der Waals surface area (Å²) in [7, 11) is 0. The highest BCUT2D eigenvalue weighted by Crippen LogP contribution is 2.66. The predicted octanol–water partition coefficient (Wildman–Crippen LogP) is 7.01. The average molecular weight is 447 g/mol. The maximum Gasteiger partial charge on any atom is 0.302 e. The minimum atomic E-state index is -0.621. The van der Waals surface area contributed by atoms with Crippen LogP contribution in [0, 0.1) is 52.8 Å². The molecular weight excluding hydrogens is 396 g/mol. The molecule has 0 radical (unpaired) electrons. The molecule has 4 aliphatic rings. The Morgan fingerprint density at radius 3 is 2.41 bits per heavy atom. The van der Waals surface area contributed by atoms with Crippen LogP contribution in [0.2, 0.25) is 0 Å². The highest BCUT2D eigenvalue weighted by molar-refractivity contribution is 5.66. The quantitative estimate of drug-likeness (QED) is 0.446. The largest absolute Gasteiger partial charge is 0.463 e. The topological polar surface area (TPSA) is 46.5 Å². The third-order valence-corrected chi connectivity index (χ3v) is 10.9. The second-order valence-electron chi connectivity index (χ2n) is 13.3. The minimum Gasteiger partial charge on any atom is -0.463 e. The molecule has 0 saturated heterocycles.